The van der Waals surface area contributed by atoms with Crippen molar-refractivity contribution in [1.82, 2.24) is 0 Å². The molecule has 0 saturated heterocycles. The summed E-state index contributed by atoms with van der Waals surface area (Å²) in [6.45, 7) is 17.0. The van der Waals surface area contributed by atoms with Crippen LogP contribution in [0.2, 0.25) is 0 Å². The van der Waals surface area contributed by atoms with Crippen molar-refractivity contribution >= 4 is 0 Å². The molecule has 1 unspecified atom stereocenters. The second-order valence-corrected chi connectivity index (χ2v) is 5.55. The summed E-state index contributed by atoms with van der Waals surface area (Å²) in [7, 11) is 0. The van der Waals surface area contributed by atoms with E-state index >= 15 is 0 Å². The molecular formula is C13H30NO2+. The number of ether oxygens (including phenoxy) is 1. The van der Waals surface area contributed by atoms with E-state index in [4.69, 9.17) is 4.74 Å². The number of nitrogens with zero attached hydrogens (tertiary/aromatic N) is 1. The molecule has 0 fully saturated rings. The summed E-state index contributed by atoms with van der Waals surface area (Å²) < 4.78 is 6.58. The molecule has 0 saturated carbocycles. The maximum atomic E-state index is 10.0. The second-order valence-electron chi connectivity index (χ2n) is 5.55. The molecule has 3 nitrogen and oxygen atoms in total. The zero-order valence-electron chi connectivity index (χ0n) is 11.9. The van der Waals surface area contributed by atoms with Crippen LogP contribution in [0.5, 0.6) is 0 Å². The Morgan fingerprint density at radius 3 is 1.81 bits per heavy atom. The quantitative estimate of drug-likeness (QED) is 0.681. The van der Waals surface area contributed by atoms with Gasteiger partial charge in [0.1, 0.15) is 12.6 Å². The highest BCUT2D eigenvalue weighted by Crippen LogP contribution is 2.11. The number of aliphatic hydroxyl groups is 1. The highest BCUT2D eigenvalue weighted by molar-refractivity contribution is 4.62. The number of hydrogen-bond acceptors (Lipinski definition) is 2. The Bertz CT molecular complexity index is 175. The van der Waals surface area contributed by atoms with Gasteiger partial charge in [0.25, 0.3) is 0 Å². The molecule has 0 aliphatic carbocycles. The van der Waals surface area contributed by atoms with Crippen molar-refractivity contribution in [2.24, 2.45) is 0 Å². The van der Waals surface area contributed by atoms with Crippen LogP contribution in [0.1, 0.15) is 41.5 Å². The highest BCUT2D eigenvalue weighted by atomic mass is 16.5. The fourth-order valence-electron chi connectivity index (χ4n) is 1.90. The Morgan fingerprint density at radius 1 is 1.06 bits per heavy atom. The van der Waals surface area contributed by atoms with Gasteiger partial charge in [0.05, 0.1) is 31.8 Å². The molecule has 3 heteroatoms. The van der Waals surface area contributed by atoms with E-state index in [0.717, 1.165) is 30.7 Å². The minimum absolute atomic E-state index is 0.165. The van der Waals surface area contributed by atoms with Gasteiger partial charge >= 0.3 is 0 Å². The molecule has 0 aromatic rings. The largest absolute Gasteiger partial charge is 0.385 e. The first-order valence-corrected chi connectivity index (χ1v) is 6.45. The van der Waals surface area contributed by atoms with Crippen molar-refractivity contribution in [3.05, 3.63) is 0 Å². The molecule has 0 amide bonds. The van der Waals surface area contributed by atoms with E-state index < -0.39 is 0 Å². The van der Waals surface area contributed by atoms with Crippen LogP contribution in [0.25, 0.3) is 0 Å². The van der Waals surface area contributed by atoms with Crippen molar-refractivity contribution in [2.75, 3.05) is 32.8 Å². The lowest BCUT2D eigenvalue weighted by Gasteiger charge is -2.37. The van der Waals surface area contributed by atoms with Crippen LogP contribution in [-0.4, -0.2) is 54.1 Å². The molecule has 0 aliphatic rings. The van der Waals surface area contributed by atoms with Gasteiger partial charge in [-0.1, -0.05) is 0 Å². The van der Waals surface area contributed by atoms with E-state index in [1.54, 1.807) is 0 Å². The number of hydrogen-bond donors (Lipinski definition) is 1. The van der Waals surface area contributed by atoms with E-state index in [-0.39, 0.29) is 11.7 Å². The maximum Gasteiger partial charge on any atom is 0.126 e. The van der Waals surface area contributed by atoms with Gasteiger partial charge in [-0.2, -0.15) is 0 Å². The van der Waals surface area contributed by atoms with E-state index in [9.17, 15) is 5.11 Å². The third-order valence-electron chi connectivity index (χ3n) is 3.32. The third-order valence-corrected chi connectivity index (χ3v) is 3.32. The summed E-state index contributed by atoms with van der Waals surface area (Å²) >= 11 is 0. The molecule has 0 bridgehead atoms. The Balaban J connectivity index is 4.15. The molecule has 0 rings (SSSR count). The van der Waals surface area contributed by atoms with Crippen molar-refractivity contribution < 1.29 is 14.3 Å². The number of aliphatic hydroxyl groups excluding tert-OH is 1. The maximum absolute atomic E-state index is 10.0. The molecule has 1 atom stereocenters. The summed E-state index contributed by atoms with van der Waals surface area (Å²) in [4.78, 5) is 0. The second kappa shape index (κ2) is 6.58. The fourth-order valence-corrected chi connectivity index (χ4v) is 1.90. The number of likely N-dealkylation sites (N-methyl/N-ethyl adjacent to an activating group) is 1. The van der Waals surface area contributed by atoms with Crippen LogP contribution in [0, 0.1) is 0 Å². The summed E-state index contributed by atoms with van der Waals surface area (Å²) in [6.07, 6.45) is -0.362. The average molecular weight is 232 g/mol. The van der Waals surface area contributed by atoms with Gasteiger partial charge in [0.2, 0.25) is 0 Å². The monoisotopic (exact) mass is 232 g/mol. The molecule has 0 aliphatic heterocycles. The first kappa shape index (κ1) is 15.9. The molecular weight excluding hydrogens is 202 g/mol. The molecule has 16 heavy (non-hydrogen) atoms. The molecule has 0 spiro atoms. The lowest BCUT2D eigenvalue weighted by atomic mass is 10.2. The Morgan fingerprint density at radius 2 is 1.50 bits per heavy atom. The van der Waals surface area contributed by atoms with E-state index in [2.05, 4.69) is 20.8 Å². The molecule has 0 aromatic carbocycles. The van der Waals surface area contributed by atoms with E-state index in [1.165, 1.54) is 0 Å². The van der Waals surface area contributed by atoms with Gasteiger partial charge in [-0.3, -0.25) is 0 Å². The lowest BCUT2D eigenvalue weighted by Crippen LogP contribution is -2.52. The normalized spacial score (nSPS) is 15.2. The zero-order chi connectivity index (χ0) is 12.8. The minimum atomic E-state index is -0.362. The van der Waals surface area contributed by atoms with Gasteiger partial charge in [-0.25, -0.2) is 0 Å². The summed E-state index contributed by atoms with van der Waals surface area (Å²) in [5, 5.41) is 10.0. The fraction of sp³-hybridized carbons (Fsp3) is 1.00. The first-order chi connectivity index (χ1) is 7.28. The van der Waals surface area contributed by atoms with Crippen LogP contribution in [0.3, 0.4) is 0 Å². The molecule has 0 heterocycles. The van der Waals surface area contributed by atoms with Gasteiger partial charge < -0.3 is 14.3 Å². The van der Waals surface area contributed by atoms with Gasteiger partial charge in [0, 0.05) is 0 Å². The smallest absolute Gasteiger partial charge is 0.126 e. The Hall–Kier alpha value is -0.120. The van der Waals surface area contributed by atoms with Gasteiger partial charge in [-0.15, -0.1) is 0 Å². The van der Waals surface area contributed by atoms with Crippen molar-refractivity contribution in [3.8, 4) is 0 Å². The van der Waals surface area contributed by atoms with Crippen LogP contribution in [0.4, 0.5) is 0 Å². The van der Waals surface area contributed by atoms with Crippen LogP contribution < -0.4 is 0 Å². The highest BCUT2D eigenvalue weighted by Gasteiger charge is 2.26. The summed E-state index contributed by atoms with van der Waals surface area (Å²) in [5.74, 6) is 0. The zero-order valence-corrected chi connectivity index (χ0v) is 11.9. The van der Waals surface area contributed by atoms with Crippen molar-refractivity contribution in [2.45, 2.75) is 53.2 Å². The average Bonchev–Trinajstić information content (AvgIpc) is 2.22. The number of quaternary nitrogens is 1. The topological polar surface area (TPSA) is 29.5 Å². The lowest BCUT2D eigenvalue weighted by molar-refractivity contribution is -0.926. The standard InChI is InChI=1S/C13H30NO2/c1-7-14(8-2,9-3)10-12(15)11-16-13(4,5)6/h12,15H,7-11H2,1-6H3/q+1. The molecule has 0 radical (unpaired) electrons. The van der Waals surface area contributed by atoms with E-state index in [1.807, 2.05) is 20.8 Å². The van der Waals surface area contributed by atoms with Gasteiger partial charge in [0.15, 0.2) is 0 Å². The van der Waals surface area contributed by atoms with Gasteiger partial charge in [-0.05, 0) is 41.5 Å². The SMILES string of the molecule is CC[N+](CC)(CC)CC(O)COC(C)(C)C. The molecule has 1 N–H and O–H groups in total. The minimum Gasteiger partial charge on any atom is -0.385 e. The van der Waals surface area contributed by atoms with Crippen LogP contribution >= 0.6 is 0 Å². The summed E-state index contributed by atoms with van der Waals surface area (Å²) in [6, 6.07) is 0. The predicted molar refractivity (Wildman–Crippen MR) is 68.5 cm³/mol. The predicted octanol–water partition coefficient (Wildman–Crippen LogP) is 2.04. The van der Waals surface area contributed by atoms with Crippen LogP contribution in [0.15, 0.2) is 0 Å². The first-order valence-electron chi connectivity index (χ1n) is 6.45. The summed E-state index contributed by atoms with van der Waals surface area (Å²) in [5.41, 5.74) is -0.165. The number of rotatable bonds is 7. The Kier molecular flexibility index (Phi) is 6.53. The van der Waals surface area contributed by atoms with Crippen molar-refractivity contribution in [3.63, 3.8) is 0 Å². The van der Waals surface area contributed by atoms with E-state index in [0.29, 0.717) is 6.61 Å². The Labute approximate surface area is 101 Å². The van der Waals surface area contributed by atoms with Crippen molar-refractivity contribution in [1.29, 1.82) is 0 Å². The van der Waals surface area contributed by atoms with Crippen LogP contribution in [-0.2, 0) is 4.74 Å². The molecule has 98 valence electrons. The molecule has 0 aromatic heterocycles. The third kappa shape index (κ3) is 5.83.